The van der Waals surface area contributed by atoms with Crippen molar-refractivity contribution in [2.75, 3.05) is 24.2 Å². The van der Waals surface area contributed by atoms with E-state index >= 15 is 0 Å². The Labute approximate surface area is 93.9 Å². The van der Waals surface area contributed by atoms with Gasteiger partial charge in [0.2, 0.25) is 5.95 Å². The molecule has 0 aliphatic carbocycles. The SMILES string of the molecule is CC(C)CN(C)c1nc(N)nc2[nH]ncc12. The van der Waals surface area contributed by atoms with Crippen LogP contribution < -0.4 is 10.6 Å². The maximum absolute atomic E-state index is 5.66. The van der Waals surface area contributed by atoms with Gasteiger partial charge in [0.05, 0.1) is 11.6 Å². The van der Waals surface area contributed by atoms with Gasteiger partial charge in [0.25, 0.3) is 0 Å². The lowest BCUT2D eigenvalue weighted by molar-refractivity contribution is 0.636. The summed E-state index contributed by atoms with van der Waals surface area (Å²) in [7, 11) is 1.99. The number of aromatic amines is 1. The van der Waals surface area contributed by atoms with Crippen LogP contribution >= 0.6 is 0 Å². The van der Waals surface area contributed by atoms with E-state index in [-0.39, 0.29) is 5.95 Å². The van der Waals surface area contributed by atoms with Crippen LogP contribution in [0.2, 0.25) is 0 Å². The van der Waals surface area contributed by atoms with Gasteiger partial charge in [0, 0.05) is 13.6 Å². The normalized spacial score (nSPS) is 11.2. The lowest BCUT2D eigenvalue weighted by Gasteiger charge is -2.20. The molecular formula is C10H16N6. The number of fused-ring (bicyclic) bond motifs is 1. The minimum Gasteiger partial charge on any atom is -0.368 e. The molecule has 6 nitrogen and oxygen atoms in total. The van der Waals surface area contributed by atoms with E-state index in [1.807, 2.05) is 7.05 Å². The first-order valence-electron chi connectivity index (χ1n) is 5.25. The van der Waals surface area contributed by atoms with E-state index in [0.29, 0.717) is 11.6 Å². The Balaban J connectivity index is 2.45. The smallest absolute Gasteiger partial charge is 0.224 e. The van der Waals surface area contributed by atoms with Crippen molar-refractivity contribution in [3.05, 3.63) is 6.20 Å². The molecule has 2 aromatic rings. The van der Waals surface area contributed by atoms with Gasteiger partial charge in [-0.3, -0.25) is 5.10 Å². The van der Waals surface area contributed by atoms with Crippen LogP contribution in [0.3, 0.4) is 0 Å². The van der Waals surface area contributed by atoms with Gasteiger partial charge in [-0.1, -0.05) is 13.8 Å². The fraction of sp³-hybridized carbons (Fsp3) is 0.500. The molecule has 0 amide bonds. The van der Waals surface area contributed by atoms with Crippen LogP contribution in [0.5, 0.6) is 0 Å². The van der Waals surface area contributed by atoms with Crippen LogP contribution in [-0.2, 0) is 0 Å². The Morgan fingerprint density at radius 2 is 2.19 bits per heavy atom. The lowest BCUT2D eigenvalue weighted by atomic mass is 10.2. The van der Waals surface area contributed by atoms with Crippen molar-refractivity contribution in [1.29, 1.82) is 0 Å². The molecule has 0 bridgehead atoms. The van der Waals surface area contributed by atoms with E-state index in [4.69, 9.17) is 5.73 Å². The van der Waals surface area contributed by atoms with Crippen molar-refractivity contribution in [2.24, 2.45) is 5.92 Å². The molecule has 0 saturated carbocycles. The van der Waals surface area contributed by atoms with Crippen molar-refractivity contribution in [3.63, 3.8) is 0 Å². The standard InChI is InChI=1S/C10H16N6/c1-6(2)5-16(3)9-7-4-12-15-8(7)13-10(11)14-9/h4,6H,5H2,1-3H3,(H3,11,12,13,14,15). The molecule has 16 heavy (non-hydrogen) atoms. The second-order valence-electron chi connectivity index (χ2n) is 4.31. The number of anilines is 2. The zero-order chi connectivity index (χ0) is 11.7. The summed E-state index contributed by atoms with van der Waals surface area (Å²) in [4.78, 5) is 10.4. The Hall–Kier alpha value is -1.85. The van der Waals surface area contributed by atoms with Gasteiger partial charge in [0.1, 0.15) is 5.82 Å². The molecule has 3 N–H and O–H groups in total. The topological polar surface area (TPSA) is 83.7 Å². The highest BCUT2D eigenvalue weighted by Crippen LogP contribution is 2.22. The zero-order valence-corrected chi connectivity index (χ0v) is 9.73. The third kappa shape index (κ3) is 1.91. The van der Waals surface area contributed by atoms with Gasteiger partial charge in [-0.05, 0) is 5.92 Å². The molecule has 0 radical (unpaired) electrons. The van der Waals surface area contributed by atoms with Crippen LogP contribution in [-0.4, -0.2) is 33.8 Å². The molecule has 0 spiro atoms. The van der Waals surface area contributed by atoms with E-state index < -0.39 is 0 Å². The number of hydrogen-bond donors (Lipinski definition) is 2. The van der Waals surface area contributed by atoms with Gasteiger partial charge in [-0.2, -0.15) is 15.1 Å². The predicted molar refractivity (Wildman–Crippen MR) is 64.2 cm³/mol. The number of nitrogens with zero attached hydrogens (tertiary/aromatic N) is 4. The highest BCUT2D eigenvalue weighted by molar-refractivity contribution is 5.87. The Morgan fingerprint density at radius 3 is 2.88 bits per heavy atom. The Bertz CT molecular complexity index is 489. The molecule has 0 aliphatic heterocycles. The maximum Gasteiger partial charge on any atom is 0.224 e. The summed E-state index contributed by atoms with van der Waals surface area (Å²) in [5.41, 5.74) is 6.33. The average Bonchev–Trinajstić information content (AvgIpc) is 2.62. The van der Waals surface area contributed by atoms with Crippen LogP contribution in [0, 0.1) is 5.92 Å². The predicted octanol–water partition coefficient (Wildman–Crippen LogP) is 1.03. The number of nitrogen functional groups attached to an aromatic ring is 1. The second-order valence-corrected chi connectivity index (χ2v) is 4.31. The van der Waals surface area contributed by atoms with Crippen molar-refractivity contribution in [3.8, 4) is 0 Å². The van der Waals surface area contributed by atoms with Gasteiger partial charge < -0.3 is 10.6 Å². The summed E-state index contributed by atoms with van der Waals surface area (Å²) in [6.07, 6.45) is 1.72. The van der Waals surface area contributed by atoms with E-state index in [0.717, 1.165) is 17.7 Å². The summed E-state index contributed by atoms with van der Waals surface area (Å²) in [6.45, 7) is 5.23. The fourth-order valence-corrected chi connectivity index (χ4v) is 1.76. The highest BCUT2D eigenvalue weighted by atomic mass is 15.2. The first-order valence-corrected chi connectivity index (χ1v) is 5.25. The van der Waals surface area contributed by atoms with E-state index in [2.05, 4.69) is 38.9 Å². The summed E-state index contributed by atoms with van der Waals surface area (Å²) in [6, 6.07) is 0. The molecule has 0 unspecified atom stereocenters. The summed E-state index contributed by atoms with van der Waals surface area (Å²) in [5, 5.41) is 7.66. The molecule has 2 aromatic heterocycles. The van der Waals surface area contributed by atoms with Gasteiger partial charge in [0.15, 0.2) is 5.65 Å². The van der Waals surface area contributed by atoms with Crippen molar-refractivity contribution < 1.29 is 0 Å². The Morgan fingerprint density at radius 1 is 1.44 bits per heavy atom. The molecule has 0 atom stereocenters. The average molecular weight is 220 g/mol. The number of rotatable bonds is 3. The first kappa shape index (κ1) is 10.7. The summed E-state index contributed by atoms with van der Waals surface area (Å²) in [5.74, 6) is 1.65. The molecule has 2 heterocycles. The number of H-pyrrole nitrogens is 1. The van der Waals surface area contributed by atoms with Gasteiger partial charge >= 0.3 is 0 Å². The minimum absolute atomic E-state index is 0.266. The molecule has 0 saturated heterocycles. The van der Waals surface area contributed by atoms with Crippen molar-refractivity contribution in [2.45, 2.75) is 13.8 Å². The monoisotopic (exact) mass is 220 g/mol. The first-order chi connectivity index (χ1) is 7.58. The lowest BCUT2D eigenvalue weighted by Crippen LogP contribution is -2.24. The van der Waals surface area contributed by atoms with E-state index in [9.17, 15) is 0 Å². The summed E-state index contributed by atoms with van der Waals surface area (Å²) >= 11 is 0. The number of hydrogen-bond acceptors (Lipinski definition) is 5. The molecule has 2 rings (SSSR count). The molecule has 0 aromatic carbocycles. The molecule has 0 fully saturated rings. The minimum atomic E-state index is 0.266. The second kappa shape index (κ2) is 3.96. The van der Waals surface area contributed by atoms with Gasteiger partial charge in [-0.15, -0.1) is 0 Å². The quantitative estimate of drug-likeness (QED) is 0.807. The third-order valence-corrected chi connectivity index (χ3v) is 2.31. The Kier molecular flexibility index (Phi) is 2.64. The zero-order valence-electron chi connectivity index (χ0n) is 9.73. The summed E-state index contributed by atoms with van der Waals surface area (Å²) < 4.78 is 0. The van der Waals surface area contributed by atoms with Crippen molar-refractivity contribution >= 4 is 22.8 Å². The largest absolute Gasteiger partial charge is 0.368 e. The van der Waals surface area contributed by atoms with Crippen LogP contribution in [0.15, 0.2) is 6.20 Å². The third-order valence-electron chi connectivity index (χ3n) is 2.31. The molecule has 86 valence electrons. The number of nitrogens with one attached hydrogen (secondary N) is 1. The fourth-order valence-electron chi connectivity index (χ4n) is 1.76. The number of nitrogens with two attached hydrogens (primary N) is 1. The molecular weight excluding hydrogens is 204 g/mol. The van der Waals surface area contributed by atoms with E-state index in [1.165, 1.54) is 0 Å². The van der Waals surface area contributed by atoms with Gasteiger partial charge in [-0.25, -0.2) is 0 Å². The van der Waals surface area contributed by atoms with Crippen molar-refractivity contribution in [1.82, 2.24) is 20.2 Å². The maximum atomic E-state index is 5.66. The highest BCUT2D eigenvalue weighted by Gasteiger charge is 2.12. The van der Waals surface area contributed by atoms with E-state index in [1.54, 1.807) is 6.20 Å². The number of aromatic nitrogens is 4. The van der Waals surface area contributed by atoms with Crippen LogP contribution in [0.1, 0.15) is 13.8 Å². The van der Waals surface area contributed by atoms with Crippen LogP contribution in [0.25, 0.3) is 11.0 Å². The molecule has 6 heteroatoms. The molecule has 0 aliphatic rings. The van der Waals surface area contributed by atoms with Crippen LogP contribution in [0.4, 0.5) is 11.8 Å².